The van der Waals surface area contributed by atoms with E-state index in [0.29, 0.717) is 11.6 Å². The fraction of sp³-hybridized carbons (Fsp3) is 0.667. The highest BCUT2D eigenvalue weighted by Gasteiger charge is 2.10. The molecular formula is C18H30N2O. The molecule has 0 aromatic carbocycles. The van der Waals surface area contributed by atoms with Gasteiger partial charge in [-0.05, 0) is 63.4 Å². The molecule has 21 heavy (non-hydrogen) atoms. The maximum atomic E-state index is 11.4. The summed E-state index contributed by atoms with van der Waals surface area (Å²) < 4.78 is 0. The molecule has 0 saturated carbocycles. The zero-order valence-corrected chi connectivity index (χ0v) is 14.2. The molecule has 0 aliphatic heterocycles. The second kappa shape index (κ2) is 8.93. The summed E-state index contributed by atoms with van der Waals surface area (Å²) in [6.07, 6.45) is 3.63. The minimum absolute atomic E-state index is 0.0369. The number of nitrogens with zero attached hydrogens (tertiary/aromatic N) is 2. The number of carbonyl (C=O) groups is 1. The minimum Gasteiger partial charge on any atom is -0.306 e. The topological polar surface area (TPSA) is 33.2 Å². The molecule has 0 spiro atoms. The second-order valence-corrected chi connectivity index (χ2v) is 6.53. The van der Waals surface area contributed by atoms with E-state index in [4.69, 9.17) is 0 Å². The number of aromatic nitrogens is 1. The van der Waals surface area contributed by atoms with Gasteiger partial charge in [0.2, 0.25) is 0 Å². The Morgan fingerprint density at radius 2 is 1.90 bits per heavy atom. The molecule has 0 aliphatic carbocycles. The van der Waals surface area contributed by atoms with Crippen LogP contribution in [0.25, 0.3) is 0 Å². The van der Waals surface area contributed by atoms with Gasteiger partial charge < -0.3 is 4.90 Å². The van der Waals surface area contributed by atoms with Crippen molar-refractivity contribution in [2.45, 2.75) is 52.9 Å². The SMILES string of the molecule is CC(=O)c1cccc(C(C)CCN(C)CCCC(C)C)n1. The molecule has 3 heteroatoms. The highest BCUT2D eigenvalue weighted by molar-refractivity contribution is 5.92. The van der Waals surface area contributed by atoms with E-state index in [0.717, 1.165) is 31.1 Å². The Kier molecular flexibility index (Phi) is 7.58. The van der Waals surface area contributed by atoms with Crippen LogP contribution in [0.15, 0.2) is 18.2 Å². The van der Waals surface area contributed by atoms with Crippen molar-refractivity contribution in [3.63, 3.8) is 0 Å². The Bertz CT molecular complexity index is 443. The normalized spacial score (nSPS) is 12.9. The van der Waals surface area contributed by atoms with Gasteiger partial charge in [0.15, 0.2) is 5.78 Å². The molecule has 0 radical (unpaired) electrons. The molecule has 0 N–H and O–H groups in total. The first-order chi connectivity index (χ1) is 9.90. The van der Waals surface area contributed by atoms with E-state index in [2.05, 4.69) is 37.7 Å². The first kappa shape index (κ1) is 17.8. The molecule has 0 aliphatic rings. The van der Waals surface area contributed by atoms with Crippen LogP contribution >= 0.6 is 0 Å². The lowest BCUT2D eigenvalue weighted by Crippen LogP contribution is -2.22. The molecule has 1 unspecified atom stereocenters. The quantitative estimate of drug-likeness (QED) is 0.641. The summed E-state index contributed by atoms with van der Waals surface area (Å²) in [7, 11) is 2.19. The van der Waals surface area contributed by atoms with Crippen molar-refractivity contribution >= 4 is 5.78 Å². The Labute approximate surface area is 129 Å². The number of rotatable bonds is 9. The predicted octanol–water partition coefficient (Wildman–Crippen LogP) is 4.15. The molecule has 118 valence electrons. The third-order valence-corrected chi connectivity index (χ3v) is 3.90. The van der Waals surface area contributed by atoms with Crippen LogP contribution in [-0.4, -0.2) is 35.8 Å². The van der Waals surface area contributed by atoms with Crippen molar-refractivity contribution < 1.29 is 4.79 Å². The van der Waals surface area contributed by atoms with Crippen LogP contribution in [0.1, 0.15) is 69.1 Å². The van der Waals surface area contributed by atoms with Crippen molar-refractivity contribution in [1.82, 2.24) is 9.88 Å². The fourth-order valence-electron chi connectivity index (χ4n) is 2.37. The van der Waals surface area contributed by atoms with Gasteiger partial charge in [0.1, 0.15) is 5.69 Å². The zero-order chi connectivity index (χ0) is 15.8. The maximum Gasteiger partial charge on any atom is 0.178 e. The van der Waals surface area contributed by atoms with Gasteiger partial charge in [-0.3, -0.25) is 4.79 Å². The lowest BCUT2D eigenvalue weighted by atomic mass is 10.0. The van der Waals surface area contributed by atoms with Crippen LogP contribution in [0.4, 0.5) is 0 Å². The fourth-order valence-corrected chi connectivity index (χ4v) is 2.37. The van der Waals surface area contributed by atoms with E-state index < -0.39 is 0 Å². The second-order valence-electron chi connectivity index (χ2n) is 6.53. The number of Topliss-reactive ketones (excluding diaryl/α,β-unsaturated/α-hetero) is 1. The standard InChI is InChI=1S/C18H30N2O/c1-14(2)8-7-12-20(5)13-11-15(3)17-9-6-10-18(19-17)16(4)21/h6,9-10,14-15H,7-8,11-13H2,1-5H3. The molecule has 0 bridgehead atoms. The number of pyridine rings is 1. The summed E-state index contributed by atoms with van der Waals surface area (Å²) in [4.78, 5) is 18.3. The molecule has 1 heterocycles. The summed E-state index contributed by atoms with van der Waals surface area (Å²) in [6, 6.07) is 5.74. The summed E-state index contributed by atoms with van der Waals surface area (Å²) in [5, 5.41) is 0. The predicted molar refractivity (Wildman–Crippen MR) is 88.8 cm³/mol. The molecule has 0 fully saturated rings. The summed E-state index contributed by atoms with van der Waals surface area (Å²) in [5.41, 5.74) is 1.60. The first-order valence-electron chi connectivity index (χ1n) is 8.06. The summed E-state index contributed by atoms with van der Waals surface area (Å²) in [5.74, 6) is 1.21. The van der Waals surface area contributed by atoms with Gasteiger partial charge in [-0.25, -0.2) is 4.98 Å². The molecule has 1 aromatic heterocycles. The van der Waals surface area contributed by atoms with Gasteiger partial charge in [-0.2, -0.15) is 0 Å². The van der Waals surface area contributed by atoms with Gasteiger partial charge in [0.25, 0.3) is 0 Å². The van der Waals surface area contributed by atoms with Crippen LogP contribution < -0.4 is 0 Å². The lowest BCUT2D eigenvalue weighted by molar-refractivity contribution is 0.101. The number of hydrogen-bond donors (Lipinski definition) is 0. The van der Waals surface area contributed by atoms with Crippen molar-refractivity contribution in [2.24, 2.45) is 5.92 Å². The van der Waals surface area contributed by atoms with E-state index in [9.17, 15) is 4.79 Å². The van der Waals surface area contributed by atoms with E-state index in [1.165, 1.54) is 12.8 Å². The highest BCUT2D eigenvalue weighted by atomic mass is 16.1. The van der Waals surface area contributed by atoms with Crippen molar-refractivity contribution in [1.29, 1.82) is 0 Å². The Morgan fingerprint density at radius 1 is 1.19 bits per heavy atom. The van der Waals surface area contributed by atoms with Gasteiger partial charge >= 0.3 is 0 Å². The Morgan fingerprint density at radius 3 is 2.52 bits per heavy atom. The Balaban J connectivity index is 2.41. The molecular weight excluding hydrogens is 260 g/mol. The number of carbonyl (C=O) groups excluding carboxylic acids is 1. The maximum absolute atomic E-state index is 11.4. The third-order valence-electron chi connectivity index (χ3n) is 3.90. The van der Waals surface area contributed by atoms with E-state index in [1.807, 2.05) is 12.1 Å². The van der Waals surface area contributed by atoms with Crippen LogP contribution in [-0.2, 0) is 0 Å². The van der Waals surface area contributed by atoms with Crippen LogP contribution in [0.3, 0.4) is 0 Å². The van der Waals surface area contributed by atoms with Gasteiger partial charge in [-0.1, -0.05) is 26.8 Å². The lowest BCUT2D eigenvalue weighted by Gasteiger charge is -2.19. The molecule has 3 nitrogen and oxygen atoms in total. The van der Waals surface area contributed by atoms with E-state index in [-0.39, 0.29) is 5.78 Å². The highest BCUT2D eigenvalue weighted by Crippen LogP contribution is 2.18. The first-order valence-corrected chi connectivity index (χ1v) is 8.06. The van der Waals surface area contributed by atoms with Crippen LogP contribution in [0.2, 0.25) is 0 Å². The van der Waals surface area contributed by atoms with Crippen LogP contribution in [0.5, 0.6) is 0 Å². The number of hydrogen-bond acceptors (Lipinski definition) is 3. The average molecular weight is 290 g/mol. The third kappa shape index (κ3) is 6.85. The smallest absolute Gasteiger partial charge is 0.178 e. The Hall–Kier alpha value is -1.22. The average Bonchev–Trinajstić information content (AvgIpc) is 2.44. The van der Waals surface area contributed by atoms with Crippen molar-refractivity contribution in [2.75, 3.05) is 20.1 Å². The van der Waals surface area contributed by atoms with Crippen molar-refractivity contribution in [3.05, 3.63) is 29.6 Å². The zero-order valence-electron chi connectivity index (χ0n) is 14.2. The van der Waals surface area contributed by atoms with Crippen molar-refractivity contribution in [3.8, 4) is 0 Å². The molecule has 1 atom stereocenters. The monoisotopic (exact) mass is 290 g/mol. The van der Waals surface area contributed by atoms with E-state index in [1.54, 1.807) is 13.0 Å². The van der Waals surface area contributed by atoms with Gasteiger partial charge in [-0.15, -0.1) is 0 Å². The number of ketones is 1. The van der Waals surface area contributed by atoms with Crippen LogP contribution in [0, 0.1) is 5.92 Å². The summed E-state index contributed by atoms with van der Waals surface area (Å²) in [6.45, 7) is 10.5. The summed E-state index contributed by atoms with van der Waals surface area (Å²) >= 11 is 0. The molecule has 0 saturated heterocycles. The minimum atomic E-state index is 0.0369. The molecule has 1 rings (SSSR count). The molecule has 1 aromatic rings. The van der Waals surface area contributed by atoms with E-state index >= 15 is 0 Å². The van der Waals surface area contributed by atoms with Gasteiger partial charge in [0.05, 0.1) is 0 Å². The van der Waals surface area contributed by atoms with Gasteiger partial charge in [0, 0.05) is 12.6 Å². The molecule has 0 amide bonds. The largest absolute Gasteiger partial charge is 0.306 e.